The fraction of sp³-hybridized carbons (Fsp3) is 1.00. The third-order valence-corrected chi connectivity index (χ3v) is 6.33. The van der Waals surface area contributed by atoms with Crippen molar-refractivity contribution in [2.24, 2.45) is 11.8 Å². The molecule has 1 atom stereocenters. The quantitative estimate of drug-likeness (QED) is 0.791. The highest BCUT2D eigenvalue weighted by Gasteiger charge is 2.22. The average molecular weight is 302 g/mol. The molecule has 1 saturated carbocycles. The Kier molecular flexibility index (Phi) is 6.30. The summed E-state index contributed by atoms with van der Waals surface area (Å²) >= 11 is 0. The minimum absolute atomic E-state index is 0.150. The van der Waals surface area contributed by atoms with Crippen molar-refractivity contribution in [1.29, 1.82) is 0 Å². The van der Waals surface area contributed by atoms with Crippen molar-refractivity contribution < 1.29 is 8.42 Å². The van der Waals surface area contributed by atoms with E-state index in [1.54, 1.807) is 0 Å². The third kappa shape index (κ3) is 5.70. The Morgan fingerprint density at radius 1 is 1.10 bits per heavy atom. The van der Waals surface area contributed by atoms with E-state index in [-0.39, 0.29) is 11.8 Å². The number of rotatable bonds is 6. The topological polar surface area (TPSA) is 58.2 Å². The smallest absolute Gasteiger partial charge is 0.213 e. The van der Waals surface area contributed by atoms with Crippen LogP contribution in [0.4, 0.5) is 0 Å². The number of nitrogens with one attached hydrogen (secondary N) is 2. The van der Waals surface area contributed by atoms with Gasteiger partial charge in [0.2, 0.25) is 10.0 Å². The van der Waals surface area contributed by atoms with Gasteiger partial charge in [-0.15, -0.1) is 0 Å². The minimum Gasteiger partial charge on any atom is -0.313 e. The first kappa shape index (κ1) is 16.2. The molecular weight excluding hydrogens is 272 g/mol. The summed E-state index contributed by atoms with van der Waals surface area (Å²) in [7, 11) is -3.11. The molecule has 5 heteroatoms. The molecule has 0 radical (unpaired) electrons. The standard InChI is InChI=1S/C15H30N2O2S/c1-13-5-7-14(8-6-13)9-11-17-20(18,19)12-15-4-2-3-10-16-15/h13-17H,2-12H2,1H3. The Labute approximate surface area is 124 Å². The molecule has 1 saturated heterocycles. The van der Waals surface area contributed by atoms with Crippen molar-refractivity contribution in [3.8, 4) is 0 Å². The number of hydrogen-bond donors (Lipinski definition) is 2. The molecule has 1 aliphatic carbocycles. The molecule has 2 fully saturated rings. The van der Waals surface area contributed by atoms with Crippen LogP contribution in [0.25, 0.3) is 0 Å². The third-order valence-electron chi connectivity index (χ3n) is 4.84. The van der Waals surface area contributed by atoms with Gasteiger partial charge < -0.3 is 5.32 Å². The van der Waals surface area contributed by atoms with Crippen LogP contribution in [0, 0.1) is 11.8 Å². The Balaban J connectivity index is 1.64. The zero-order valence-corrected chi connectivity index (χ0v) is 13.6. The fourth-order valence-corrected chi connectivity index (χ4v) is 4.79. The molecular formula is C15H30N2O2S. The second kappa shape index (κ2) is 7.76. The molecule has 0 aromatic heterocycles. The van der Waals surface area contributed by atoms with Gasteiger partial charge in [0.05, 0.1) is 5.75 Å². The predicted octanol–water partition coefficient (Wildman–Crippen LogP) is 2.26. The van der Waals surface area contributed by atoms with Crippen LogP contribution in [0.3, 0.4) is 0 Å². The Bertz CT molecular complexity index is 369. The maximum atomic E-state index is 12.0. The van der Waals surface area contributed by atoms with E-state index in [1.807, 2.05) is 0 Å². The predicted molar refractivity (Wildman–Crippen MR) is 83.2 cm³/mol. The molecule has 1 aliphatic heterocycles. The van der Waals surface area contributed by atoms with Crippen molar-refractivity contribution in [2.75, 3.05) is 18.8 Å². The summed E-state index contributed by atoms with van der Waals surface area (Å²) in [5, 5.41) is 3.30. The second-order valence-electron chi connectivity index (χ2n) is 6.74. The molecule has 2 N–H and O–H groups in total. The lowest BCUT2D eigenvalue weighted by Crippen LogP contribution is -2.43. The van der Waals surface area contributed by atoms with E-state index in [0.29, 0.717) is 6.54 Å². The molecule has 0 bridgehead atoms. The minimum atomic E-state index is -3.11. The highest BCUT2D eigenvalue weighted by molar-refractivity contribution is 7.89. The van der Waals surface area contributed by atoms with Crippen molar-refractivity contribution in [3.05, 3.63) is 0 Å². The first-order valence-corrected chi connectivity index (χ1v) is 9.91. The van der Waals surface area contributed by atoms with Gasteiger partial charge in [-0.3, -0.25) is 0 Å². The molecule has 2 rings (SSSR count). The zero-order valence-electron chi connectivity index (χ0n) is 12.7. The van der Waals surface area contributed by atoms with Crippen LogP contribution in [0.1, 0.15) is 58.3 Å². The first-order valence-electron chi connectivity index (χ1n) is 8.26. The number of sulfonamides is 1. The van der Waals surface area contributed by atoms with Crippen LogP contribution in [0.15, 0.2) is 0 Å². The SMILES string of the molecule is CC1CCC(CCNS(=O)(=O)CC2CCCCN2)CC1. The maximum absolute atomic E-state index is 12.0. The van der Waals surface area contributed by atoms with Crippen LogP contribution in [-0.2, 0) is 10.0 Å². The fourth-order valence-electron chi connectivity index (χ4n) is 3.43. The Hall–Kier alpha value is -0.130. The van der Waals surface area contributed by atoms with E-state index in [1.165, 1.54) is 32.1 Å². The second-order valence-corrected chi connectivity index (χ2v) is 8.59. The van der Waals surface area contributed by atoms with Gasteiger partial charge in [0, 0.05) is 12.6 Å². The van der Waals surface area contributed by atoms with Gasteiger partial charge in [-0.25, -0.2) is 13.1 Å². The van der Waals surface area contributed by atoms with Gasteiger partial charge in [0.25, 0.3) is 0 Å². The number of hydrogen-bond acceptors (Lipinski definition) is 3. The van der Waals surface area contributed by atoms with Crippen LogP contribution in [0.2, 0.25) is 0 Å². The van der Waals surface area contributed by atoms with Crippen molar-refractivity contribution >= 4 is 10.0 Å². The monoisotopic (exact) mass is 302 g/mol. The highest BCUT2D eigenvalue weighted by Crippen LogP contribution is 2.29. The lowest BCUT2D eigenvalue weighted by atomic mass is 9.81. The van der Waals surface area contributed by atoms with Gasteiger partial charge in [-0.05, 0) is 37.6 Å². The van der Waals surface area contributed by atoms with Gasteiger partial charge in [-0.1, -0.05) is 39.0 Å². The molecule has 0 amide bonds. The zero-order chi connectivity index (χ0) is 14.4. The highest BCUT2D eigenvalue weighted by atomic mass is 32.2. The molecule has 20 heavy (non-hydrogen) atoms. The molecule has 0 spiro atoms. The summed E-state index contributed by atoms with van der Waals surface area (Å²) in [6, 6.07) is 0.150. The lowest BCUT2D eigenvalue weighted by molar-refractivity contribution is 0.278. The van der Waals surface area contributed by atoms with Crippen LogP contribution >= 0.6 is 0 Å². The first-order chi connectivity index (χ1) is 9.55. The van der Waals surface area contributed by atoms with Gasteiger partial charge in [0.15, 0.2) is 0 Å². The van der Waals surface area contributed by atoms with E-state index >= 15 is 0 Å². The van der Waals surface area contributed by atoms with Gasteiger partial charge >= 0.3 is 0 Å². The molecule has 2 aliphatic rings. The Morgan fingerprint density at radius 2 is 1.85 bits per heavy atom. The van der Waals surface area contributed by atoms with E-state index in [2.05, 4.69) is 17.0 Å². The van der Waals surface area contributed by atoms with Crippen LogP contribution in [0.5, 0.6) is 0 Å². The maximum Gasteiger partial charge on any atom is 0.213 e. The summed E-state index contributed by atoms with van der Waals surface area (Å²) in [6.45, 7) is 3.89. The summed E-state index contributed by atoms with van der Waals surface area (Å²) in [5.74, 6) is 1.83. The average Bonchev–Trinajstić information content (AvgIpc) is 2.41. The van der Waals surface area contributed by atoms with E-state index in [4.69, 9.17) is 0 Å². The van der Waals surface area contributed by atoms with Gasteiger partial charge in [0.1, 0.15) is 0 Å². The molecule has 1 unspecified atom stereocenters. The Morgan fingerprint density at radius 3 is 2.50 bits per heavy atom. The molecule has 0 aromatic carbocycles. The summed E-state index contributed by atoms with van der Waals surface area (Å²) in [6.07, 6.45) is 9.47. The van der Waals surface area contributed by atoms with Gasteiger partial charge in [-0.2, -0.15) is 0 Å². The largest absolute Gasteiger partial charge is 0.313 e. The van der Waals surface area contributed by atoms with E-state index < -0.39 is 10.0 Å². The molecule has 0 aromatic rings. The van der Waals surface area contributed by atoms with E-state index in [9.17, 15) is 8.42 Å². The van der Waals surface area contributed by atoms with Crippen molar-refractivity contribution in [2.45, 2.75) is 64.3 Å². The summed E-state index contributed by atoms with van der Waals surface area (Å²) in [5.41, 5.74) is 0. The van der Waals surface area contributed by atoms with Crippen molar-refractivity contribution in [3.63, 3.8) is 0 Å². The summed E-state index contributed by atoms with van der Waals surface area (Å²) < 4.78 is 26.9. The summed E-state index contributed by atoms with van der Waals surface area (Å²) in [4.78, 5) is 0. The van der Waals surface area contributed by atoms with Crippen LogP contribution in [-0.4, -0.2) is 33.3 Å². The number of piperidine rings is 1. The molecule has 118 valence electrons. The van der Waals surface area contributed by atoms with E-state index in [0.717, 1.165) is 37.6 Å². The lowest BCUT2D eigenvalue weighted by Gasteiger charge is -2.26. The molecule has 1 heterocycles. The molecule has 4 nitrogen and oxygen atoms in total. The normalized spacial score (nSPS) is 32.1. The van der Waals surface area contributed by atoms with Crippen molar-refractivity contribution in [1.82, 2.24) is 10.0 Å². The van der Waals surface area contributed by atoms with Crippen LogP contribution < -0.4 is 10.0 Å².